The van der Waals surface area contributed by atoms with E-state index in [-0.39, 0.29) is 28.8 Å². The second kappa shape index (κ2) is 12.5. The molecular weight excluding hydrogens is 543 g/mol. The Morgan fingerprint density at radius 2 is 1.85 bits per heavy atom. The second-order valence-corrected chi connectivity index (χ2v) is 10.5. The summed E-state index contributed by atoms with van der Waals surface area (Å²) in [5, 5.41) is 20.3. The van der Waals surface area contributed by atoms with E-state index in [4.69, 9.17) is 21.1 Å². The molecule has 0 saturated heterocycles. The third-order valence-corrected chi connectivity index (χ3v) is 7.60. The zero-order valence-electron chi connectivity index (χ0n) is 22.0. The highest BCUT2D eigenvalue weighted by Gasteiger charge is 2.26. The zero-order chi connectivity index (χ0) is 28.1. The van der Waals surface area contributed by atoms with Gasteiger partial charge in [0.1, 0.15) is 23.5 Å². The topological polar surface area (TPSA) is 92.3 Å². The number of ether oxygens (including phenoxy) is 2. The third-order valence-electron chi connectivity index (χ3n) is 6.14. The standard InChI is InChI=1S/C28H28ClFN4O4S/c1-5-37-25-14-21(13-23(29)27(25)38-16-20-8-6-7-9-24(20)30)26(15-33(35)36)39-28-32-31-19(4)34(28)22-11-10-17(2)18(3)12-22/h6-14,26H,5,15-16H2,1-4H3/t26-/m0/s1. The number of rotatable bonds is 11. The first kappa shape index (κ1) is 28.4. The molecule has 8 nitrogen and oxygen atoms in total. The molecule has 0 N–H and O–H groups in total. The summed E-state index contributed by atoms with van der Waals surface area (Å²) >= 11 is 7.83. The van der Waals surface area contributed by atoms with Gasteiger partial charge in [0, 0.05) is 16.2 Å². The highest BCUT2D eigenvalue weighted by atomic mass is 35.5. The summed E-state index contributed by atoms with van der Waals surface area (Å²) in [5.41, 5.74) is 4.06. The van der Waals surface area contributed by atoms with Crippen LogP contribution in [0.5, 0.6) is 11.5 Å². The summed E-state index contributed by atoms with van der Waals surface area (Å²) in [4.78, 5) is 11.3. The van der Waals surface area contributed by atoms with Gasteiger partial charge in [0.25, 0.3) is 0 Å². The maximum atomic E-state index is 14.1. The molecule has 0 spiro atoms. The number of hydrogen-bond donors (Lipinski definition) is 0. The van der Waals surface area contributed by atoms with Crippen molar-refractivity contribution < 1.29 is 18.8 Å². The van der Waals surface area contributed by atoms with E-state index < -0.39 is 11.1 Å². The van der Waals surface area contributed by atoms with Crippen molar-refractivity contribution in [3.05, 3.63) is 104 Å². The largest absolute Gasteiger partial charge is 0.490 e. The highest BCUT2D eigenvalue weighted by Crippen LogP contribution is 2.43. The van der Waals surface area contributed by atoms with E-state index in [1.807, 2.05) is 43.5 Å². The number of benzene rings is 3. The van der Waals surface area contributed by atoms with Crippen LogP contribution in [0.3, 0.4) is 0 Å². The van der Waals surface area contributed by atoms with Crippen LogP contribution in [0.25, 0.3) is 5.69 Å². The number of thioether (sulfide) groups is 1. The van der Waals surface area contributed by atoms with Crippen LogP contribution in [-0.4, -0.2) is 32.8 Å². The Hall–Kier alpha value is -3.63. The Balaban J connectivity index is 1.69. The third kappa shape index (κ3) is 6.69. The van der Waals surface area contributed by atoms with Crippen LogP contribution in [0.15, 0.2) is 59.8 Å². The summed E-state index contributed by atoms with van der Waals surface area (Å²) in [6.07, 6.45) is 0. The molecule has 11 heteroatoms. The van der Waals surface area contributed by atoms with Gasteiger partial charge in [-0.05, 0) is 74.7 Å². The van der Waals surface area contributed by atoms with E-state index in [2.05, 4.69) is 10.2 Å². The van der Waals surface area contributed by atoms with Crippen LogP contribution >= 0.6 is 23.4 Å². The molecule has 4 rings (SSSR count). The Bertz CT molecular complexity index is 1500. The van der Waals surface area contributed by atoms with E-state index in [1.165, 1.54) is 17.8 Å². The van der Waals surface area contributed by atoms with Gasteiger partial charge < -0.3 is 9.47 Å². The predicted octanol–water partition coefficient (Wildman–Crippen LogP) is 7.07. The van der Waals surface area contributed by atoms with Crippen molar-refractivity contribution in [2.45, 2.75) is 44.7 Å². The molecule has 39 heavy (non-hydrogen) atoms. The van der Waals surface area contributed by atoms with Crippen LogP contribution in [0.4, 0.5) is 4.39 Å². The molecule has 4 aromatic rings. The van der Waals surface area contributed by atoms with E-state index in [1.54, 1.807) is 37.3 Å². The molecule has 1 aromatic heterocycles. The SMILES string of the molecule is CCOc1cc([C@H](C[N+](=O)[O-])Sc2nnc(C)n2-c2ccc(C)c(C)c2)cc(Cl)c1OCc1ccccc1F. The average molecular weight is 571 g/mol. The van der Waals surface area contributed by atoms with Crippen molar-refractivity contribution in [1.29, 1.82) is 0 Å². The number of aromatic nitrogens is 3. The lowest BCUT2D eigenvalue weighted by atomic mass is 10.1. The number of halogens is 2. The Kier molecular flexibility index (Phi) is 9.08. The molecule has 204 valence electrons. The Morgan fingerprint density at radius 3 is 2.54 bits per heavy atom. The normalized spacial score (nSPS) is 11.8. The summed E-state index contributed by atoms with van der Waals surface area (Å²) < 4.78 is 27.6. The molecule has 1 heterocycles. The van der Waals surface area contributed by atoms with Gasteiger partial charge in [-0.1, -0.05) is 47.6 Å². The molecule has 3 aromatic carbocycles. The van der Waals surface area contributed by atoms with E-state index in [0.29, 0.717) is 34.5 Å². The maximum Gasteiger partial charge on any atom is 0.220 e. The first-order valence-corrected chi connectivity index (χ1v) is 13.5. The minimum absolute atomic E-state index is 0.0583. The van der Waals surface area contributed by atoms with Gasteiger partial charge in [0.2, 0.25) is 6.54 Å². The van der Waals surface area contributed by atoms with Crippen LogP contribution in [0.2, 0.25) is 5.02 Å². The number of nitro groups is 1. The zero-order valence-corrected chi connectivity index (χ0v) is 23.6. The van der Waals surface area contributed by atoms with Gasteiger partial charge >= 0.3 is 0 Å². The smallest absolute Gasteiger partial charge is 0.220 e. The van der Waals surface area contributed by atoms with Crippen LogP contribution in [0.1, 0.15) is 40.3 Å². The fraction of sp³-hybridized carbons (Fsp3) is 0.286. The van der Waals surface area contributed by atoms with Gasteiger partial charge in [0.05, 0.1) is 11.6 Å². The molecule has 0 radical (unpaired) electrons. The van der Waals surface area contributed by atoms with Crippen molar-refractivity contribution >= 4 is 23.4 Å². The molecule has 0 aliphatic rings. The summed E-state index contributed by atoms with van der Waals surface area (Å²) in [7, 11) is 0. The molecule has 0 fully saturated rings. The first-order valence-electron chi connectivity index (χ1n) is 12.3. The molecule has 0 unspecified atom stereocenters. The lowest BCUT2D eigenvalue weighted by Gasteiger charge is -2.19. The van der Waals surface area contributed by atoms with Gasteiger partial charge in [-0.15, -0.1) is 10.2 Å². The van der Waals surface area contributed by atoms with Gasteiger partial charge in [0.15, 0.2) is 16.7 Å². The van der Waals surface area contributed by atoms with Gasteiger partial charge in [-0.3, -0.25) is 14.7 Å². The monoisotopic (exact) mass is 570 g/mol. The predicted molar refractivity (Wildman–Crippen MR) is 149 cm³/mol. The van der Waals surface area contributed by atoms with Crippen molar-refractivity contribution in [3.8, 4) is 17.2 Å². The van der Waals surface area contributed by atoms with Gasteiger partial charge in [-0.25, -0.2) is 4.39 Å². The van der Waals surface area contributed by atoms with E-state index in [9.17, 15) is 14.5 Å². The minimum atomic E-state index is -0.661. The van der Waals surface area contributed by atoms with Gasteiger partial charge in [-0.2, -0.15) is 0 Å². The summed E-state index contributed by atoms with van der Waals surface area (Å²) in [6, 6.07) is 15.6. The highest BCUT2D eigenvalue weighted by molar-refractivity contribution is 7.99. The number of hydrogen-bond acceptors (Lipinski definition) is 7. The fourth-order valence-electron chi connectivity index (χ4n) is 4.00. The van der Waals surface area contributed by atoms with Crippen molar-refractivity contribution in [2.24, 2.45) is 0 Å². The maximum absolute atomic E-state index is 14.1. The lowest BCUT2D eigenvalue weighted by Crippen LogP contribution is -2.12. The first-order chi connectivity index (χ1) is 18.7. The number of aryl methyl sites for hydroxylation is 3. The lowest BCUT2D eigenvalue weighted by molar-refractivity contribution is -0.479. The molecule has 1 atom stereocenters. The molecule has 0 amide bonds. The summed E-state index contributed by atoms with van der Waals surface area (Å²) in [5.74, 6) is 0.820. The van der Waals surface area contributed by atoms with E-state index >= 15 is 0 Å². The van der Waals surface area contributed by atoms with Crippen molar-refractivity contribution in [3.63, 3.8) is 0 Å². The average Bonchev–Trinajstić information content (AvgIpc) is 3.25. The van der Waals surface area contributed by atoms with Crippen molar-refractivity contribution in [2.75, 3.05) is 13.2 Å². The number of nitrogens with zero attached hydrogens (tertiary/aromatic N) is 4. The van der Waals surface area contributed by atoms with Crippen LogP contribution in [0, 0.1) is 36.7 Å². The summed E-state index contributed by atoms with van der Waals surface area (Å²) in [6.45, 7) is 7.55. The fourth-order valence-corrected chi connectivity index (χ4v) is 5.42. The second-order valence-electron chi connectivity index (χ2n) is 8.90. The Labute approximate surface area is 235 Å². The molecular formula is C28H28ClFN4O4S. The Morgan fingerprint density at radius 1 is 1.08 bits per heavy atom. The molecule has 0 aliphatic heterocycles. The van der Waals surface area contributed by atoms with Crippen LogP contribution < -0.4 is 9.47 Å². The molecule has 0 bridgehead atoms. The van der Waals surface area contributed by atoms with Crippen molar-refractivity contribution in [1.82, 2.24) is 14.8 Å². The quantitative estimate of drug-likeness (QED) is 0.108. The molecule has 0 aliphatic carbocycles. The minimum Gasteiger partial charge on any atom is -0.490 e. The van der Waals surface area contributed by atoms with Crippen LogP contribution in [-0.2, 0) is 6.61 Å². The van der Waals surface area contributed by atoms with E-state index in [0.717, 1.165) is 16.8 Å². The molecule has 0 saturated carbocycles.